The lowest BCUT2D eigenvalue weighted by atomic mass is 10.1. The van der Waals surface area contributed by atoms with Crippen molar-refractivity contribution in [3.05, 3.63) is 72.9 Å². The summed E-state index contributed by atoms with van der Waals surface area (Å²) in [5.41, 5.74) is 4.19. The summed E-state index contributed by atoms with van der Waals surface area (Å²) < 4.78 is 0. The van der Waals surface area contributed by atoms with Crippen LogP contribution < -0.4 is 10.6 Å². The van der Waals surface area contributed by atoms with E-state index in [0.717, 1.165) is 33.1 Å². The van der Waals surface area contributed by atoms with Crippen LogP contribution in [0.5, 0.6) is 0 Å². The average Bonchev–Trinajstić information content (AvgIpc) is 3.27. The Hall–Kier alpha value is -4.46. The predicted molar refractivity (Wildman–Crippen MR) is 127 cm³/mol. The summed E-state index contributed by atoms with van der Waals surface area (Å²) in [6, 6.07) is 21.2. The van der Waals surface area contributed by atoms with E-state index in [1.165, 1.54) is 4.90 Å². The van der Waals surface area contributed by atoms with E-state index in [4.69, 9.17) is 9.97 Å². The number of H-pyrrole nitrogens is 1. The van der Waals surface area contributed by atoms with Crippen LogP contribution in [0.15, 0.2) is 72.9 Å². The van der Waals surface area contributed by atoms with Gasteiger partial charge in [-0.2, -0.15) is 5.10 Å². The van der Waals surface area contributed by atoms with Crippen molar-refractivity contribution in [3.8, 4) is 11.4 Å². The number of anilines is 3. The van der Waals surface area contributed by atoms with Crippen LogP contribution in [0.2, 0.25) is 0 Å². The van der Waals surface area contributed by atoms with Gasteiger partial charge in [0.15, 0.2) is 5.82 Å². The zero-order chi connectivity index (χ0) is 22.1. The molecule has 158 valence electrons. The molecule has 0 atom stereocenters. The standard InChI is InChI=1S/C24H21N7O/c1-31(2)24(32)27-17-7-5-6-15(12-17)22-28-21-9-4-3-8-19(21)23(29-22)26-18-10-11-20-16(13-18)14-25-30-20/h3-14H,1-2H3,(H,25,30)(H,27,32)(H,26,28,29). The molecule has 0 aliphatic carbocycles. The van der Waals surface area contributed by atoms with E-state index in [0.29, 0.717) is 17.3 Å². The predicted octanol–water partition coefficient (Wildman–Crippen LogP) is 5.01. The highest BCUT2D eigenvalue weighted by atomic mass is 16.2. The van der Waals surface area contributed by atoms with Crippen molar-refractivity contribution in [1.82, 2.24) is 25.1 Å². The summed E-state index contributed by atoms with van der Waals surface area (Å²) in [4.78, 5) is 23.1. The van der Waals surface area contributed by atoms with Gasteiger partial charge in [0.2, 0.25) is 0 Å². The first kappa shape index (κ1) is 19.5. The molecule has 0 aliphatic heterocycles. The maximum Gasteiger partial charge on any atom is 0.321 e. The maximum absolute atomic E-state index is 12.0. The van der Waals surface area contributed by atoms with Crippen LogP contribution in [0.3, 0.4) is 0 Å². The molecule has 0 saturated heterocycles. The molecule has 0 radical (unpaired) electrons. The highest BCUT2D eigenvalue weighted by molar-refractivity contribution is 5.94. The molecule has 3 aromatic carbocycles. The number of nitrogens with zero attached hydrogens (tertiary/aromatic N) is 4. The lowest BCUT2D eigenvalue weighted by Gasteiger charge is -2.14. The van der Waals surface area contributed by atoms with Gasteiger partial charge >= 0.3 is 6.03 Å². The molecule has 2 heterocycles. The van der Waals surface area contributed by atoms with Crippen molar-refractivity contribution in [1.29, 1.82) is 0 Å². The lowest BCUT2D eigenvalue weighted by Crippen LogP contribution is -2.27. The molecule has 5 aromatic rings. The fourth-order valence-corrected chi connectivity index (χ4v) is 3.43. The minimum atomic E-state index is -0.196. The summed E-state index contributed by atoms with van der Waals surface area (Å²) in [5, 5.41) is 15.3. The Kier molecular flexibility index (Phi) is 4.87. The molecule has 8 heteroatoms. The molecule has 0 bridgehead atoms. The van der Waals surface area contributed by atoms with Gasteiger partial charge in [-0.25, -0.2) is 14.8 Å². The third-order valence-electron chi connectivity index (χ3n) is 5.08. The largest absolute Gasteiger partial charge is 0.340 e. The minimum absolute atomic E-state index is 0.196. The average molecular weight is 423 g/mol. The molecule has 3 N–H and O–H groups in total. The van der Waals surface area contributed by atoms with Crippen molar-refractivity contribution in [2.75, 3.05) is 24.7 Å². The number of nitrogens with one attached hydrogen (secondary N) is 3. The summed E-state index contributed by atoms with van der Waals surface area (Å²) >= 11 is 0. The van der Waals surface area contributed by atoms with Gasteiger partial charge in [-0.3, -0.25) is 5.10 Å². The quantitative estimate of drug-likeness (QED) is 0.377. The van der Waals surface area contributed by atoms with Crippen LogP contribution in [0.1, 0.15) is 0 Å². The monoisotopic (exact) mass is 423 g/mol. The SMILES string of the molecule is CN(C)C(=O)Nc1cccc(-c2nc(Nc3ccc4[nH]ncc4c3)c3ccccc3n2)c1. The molecule has 32 heavy (non-hydrogen) atoms. The van der Waals surface area contributed by atoms with E-state index in [-0.39, 0.29) is 6.03 Å². The number of carbonyl (C=O) groups is 1. The van der Waals surface area contributed by atoms with Gasteiger partial charge in [0.05, 0.1) is 17.2 Å². The zero-order valence-electron chi connectivity index (χ0n) is 17.6. The molecular formula is C24H21N7O. The highest BCUT2D eigenvalue weighted by Gasteiger charge is 2.12. The number of aromatic amines is 1. The van der Waals surface area contributed by atoms with Crippen molar-refractivity contribution >= 4 is 45.0 Å². The van der Waals surface area contributed by atoms with Crippen LogP contribution in [-0.4, -0.2) is 45.2 Å². The summed E-state index contributed by atoms with van der Waals surface area (Å²) in [7, 11) is 3.40. The number of amides is 2. The Morgan fingerprint density at radius 2 is 1.81 bits per heavy atom. The van der Waals surface area contributed by atoms with Gasteiger partial charge in [-0.1, -0.05) is 24.3 Å². The van der Waals surface area contributed by atoms with Crippen LogP contribution in [-0.2, 0) is 0 Å². The molecular weight excluding hydrogens is 402 g/mol. The number of carbonyl (C=O) groups excluding carboxylic acids is 1. The van der Waals surface area contributed by atoms with Crippen molar-refractivity contribution in [2.24, 2.45) is 0 Å². The third-order valence-corrected chi connectivity index (χ3v) is 5.08. The van der Waals surface area contributed by atoms with Gasteiger partial charge in [-0.15, -0.1) is 0 Å². The zero-order valence-corrected chi connectivity index (χ0v) is 17.6. The second-order valence-corrected chi connectivity index (χ2v) is 7.62. The van der Waals surface area contributed by atoms with Crippen molar-refractivity contribution in [3.63, 3.8) is 0 Å². The Labute approximate surface area is 184 Å². The first-order chi connectivity index (χ1) is 15.6. The molecule has 2 aromatic heterocycles. The topological polar surface area (TPSA) is 98.8 Å². The fraction of sp³-hybridized carbons (Fsp3) is 0.0833. The Morgan fingerprint density at radius 1 is 0.938 bits per heavy atom. The van der Waals surface area contributed by atoms with Gasteiger partial charge in [-0.05, 0) is 42.5 Å². The second-order valence-electron chi connectivity index (χ2n) is 7.62. The van der Waals surface area contributed by atoms with Crippen LogP contribution in [0, 0.1) is 0 Å². The van der Waals surface area contributed by atoms with E-state index in [9.17, 15) is 4.79 Å². The van der Waals surface area contributed by atoms with E-state index < -0.39 is 0 Å². The van der Waals surface area contributed by atoms with Crippen LogP contribution in [0.25, 0.3) is 33.2 Å². The summed E-state index contributed by atoms with van der Waals surface area (Å²) in [6.07, 6.45) is 1.79. The second kappa shape index (κ2) is 7.99. The normalized spacial score (nSPS) is 10.9. The Bertz CT molecular complexity index is 1440. The number of hydrogen-bond donors (Lipinski definition) is 3. The molecule has 0 fully saturated rings. The van der Waals surface area contributed by atoms with Gasteiger partial charge in [0.1, 0.15) is 5.82 Å². The van der Waals surface area contributed by atoms with Gasteiger partial charge < -0.3 is 15.5 Å². The fourth-order valence-electron chi connectivity index (χ4n) is 3.43. The first-order valence-electron chi connectivity index (χ1n) is 10.1. The minimum Gasteiger partial charge on any atom is -0.340 e. The van der Waals surface area contributed by atoms with E-state index in [1.807, 2.05) is 66.7 Å². The molecule has 8 nitrogen and oxygen atoms in total. The highest BCUT2D eigenvalue weighted by Crippen LogP contribution is 2.29. The smallest absolute Gasteiger partial charge is 0.321 e. The van der Waals surface area contributed by atoms with Crippen LogP contribution >= 0.6 is 0 Å². The summed E-state index contributed by atoms with van der Waals surface area (Å²) in [6.45, 7) is 0. The molecule has 0 aliphatic rings. The maximum atomic E-state index is 12.0. The number of para-hydroxylation sites is 1. The molecule has 0 unspecified atom stereocenters. The number of urea groups is 1. The number of aromatic nitrogens is 4. The van der Waals surface area contributed by atoms with E-state index in [1.54, 1.807) is 20.3 Å². The Balaban J connectivity index is 1.55. The van der Waals surface area contributed by atoms with Crippen molar-refractivity contribution < 1.29 is 4.79 Å². The number of hydrogen-bond acceptors (Lipinski definition) is 5. The van der Waals surface area contributed by atoms with Crippen molar-refractivity contribution in [2.45, 2.75) is 0 Å². The number of rotatable bonds is 4. The first-order valence-corrected chi connectivity index (χ1v) is 10.1. The number of benzene rings is 3. The van der Waals surface area contributed by atoms with Gasteiger partial charge in [0.25, 0.3) is 0 Å². The summed E-state index contributed by atoms with van der Waals surface area (Å²) in [5.74, 6) is 1.27. The van der Waals surface area contributed by atoms with Gasteiger partial charge in [0, 0.05) is 41.8 Å². The van der Waals surface area contributed by atoms with E-state index >= 15 is 0 Å². The third kappa shape index (κ3) is 3.81. The Morgan fingerprint density at radius 3 is 2.69 bits per heavy atom. The molecule has 5 rings (SSSR count). The lowest BCUT2D eigenvalue weighted by molar-refractivity contribution is 0.230. The van der Waals surface area contributed by atoms with Crippen LogP contribution in [0.4, 0.5) is 22.0 Å². The number of fused-ring (bicyclic) bond motifs is 2. The molecule has 2 amide bonds. The molecule has 0 spiro atoms. The van der Waals surface area contributed by atoms with E-state index in [2.05, 4.69) is 20.8 Å². The molecule has 0 saturated carbocycles.